The number of rotatable bonds is 1. The van der Waals surface area contributed by atoms with Crippen LogP contribution in [0.2, 0.25) is 0 Å². The average molecular weight is 188 g/mol. The molecule has 0 aromatic carbocycles. The lowest BCUT2D eigenvalue weighted by Crippen LogP contribution is -2.50. The van der Waals surface area contributed by atoms with Crippen LogP contribution in [-0.2, 0) is 0 Å². The van der Waals surface area contributed by atoms with Crippen LogP contribution in [-0.4, -0.2) is 24.2 Å². The molecule has 1 rings (SSSR count). The van der Waals surface area contributed by atoms with Crippen LogP contribution < -0.4 is 21.5 Å². The van der Waals surface area contributed by atoms with Crippen LogP contribution >= 0.6 is 12.2 Å². The Bertz CT molecular complexity index is 192. The quantitative estimate of drug-likeness (QED) is 0.329. The van der Waals surface area contributed by atoms with Gasteiger partial charge < -0.3 is 10.6 Å². The molecule has 68 valence electrons. The van der Waals surface area contributed by atoms with Gasteiger partial charge in [-0.3, -0.25) is 5.43 Å². The Kier molecular flexibility index (Phi) is 3.09. The summed E-state index contributed by atoms with van der Waals surface area (Å²) in [6.45, 7) is 0. The Morgan fingerprint density at radius 1 is 1.42 bits per heavy atom. The topological polar surface area (TPSA) is 65.2 Å². The number of urea groups is 1. The molecule has 0 radical (unpaired) electrons. The molecule has 0 spiro atoms. The molecule has 0 saturated heterocycles. The molecule has 1 fully saturated rings. The number of hydrazine groups is 1. The summed E-state index contributed by atoms with van der Waals surface area (Å²) in [4.78, 5) is 10.6. The van der Waals surface area contributed by atoms with Gasteiger partial charge in [-0.25, -0.2) is 10.2 Å². The van der Waals surface area contributed by atoms with E-state index in [0.717, 1.165) is 12.8 Å². The maximum Gasteiger partial charge on any atom is 0.333 e. The van der Waals surface area contributed by atoms with Crippen molar-refractivity contribution in [1.29, 1.82) is 0 Å². The number of thiocarbonyl (C=S) groups is 1. The van der Waals surface area contributed by atoms with Crippen molar-refractivity contribution in [3.63, 3.8) is 0 Å². The van der Waals surface area contributed by atoms with E-state index in [9.17, 15) is 4.79 Å². The summed E-state index contributed by atoms with van der Waals surface area (Å²) in [6, 6.07) is 0.187. The molecular weight excluding hydrogens is 176 g/mol. The number of carbonyl (C=O) groups is 1. The summed E-state index contributed by atoms with van der Waals surface area (Å²) >= 11 is 4.87. The monoisotopic (exact) mass is 188 g/mol. The second kappa shape index (κ2) is 4.10. The van der Waals surface area contributed by atoms with E-state index >= 15 is 0 Å². The van der Waals surface area contributed by atoms with Crippen molar-refractivity contribution in [3.8, 4) is 0 Å². The summed E-state index contributed by atoms with van der Waals surface area (Å²) in [6.07, 6.45) is 2.31. The summed E-state index contributed by atoms with van der Waals surface area (Å²) in [5.41, 5.74) is 4.92. The van der Waals surface area contributed by atoms with Crippen LogP contribution in [0.5, 0.6) is 0 Å². The zero-order chi connectivity index (χ0) is 8.97. The standard InChI is InChI=1S/C6H12N4OS/c1-7-5(11)9-10-6(12)8-4-2-3-4/h4H,2-3H2,1H3,(H2,7,9,11)(H2,8,10,12). The van der Waals surface area contributed by atoms with Gasteiger partial charge in [0.2, 0.25) is 0 Å². The second-order valence-corrected chi connectivity index (χ2v) is 2.99. The molecule has 5 nitrogen and oxygen atoms in total. The molecule has 1 aliphatic carbocycles. The maximum atomic E-state index is 10.6. The zero-order valence-electron chi connectivity index (χ0n) is 6.81. The minimum Gasteiger partial charge on any atom is -0.359 e. The average Bonchev–Trinajstić information content (AvgIpc) is 2.84. The molecule has 0 heterocycles. The van der Waals surface area contributed by atoms with Gasteiger partial charge in [-0.1, -0.05) is 0 Å². The zero-order valence-corrected chi connectivity index (χ0v) is 7.62. The molecule has 0 aromatic rings. The maximum absolute atomic E-state index is 10.6. The SMILES string of the molecule is CNC(=O)NNC(=S)NC1CC1. The highest BCUT2D eigenvalue weighted by Gasteiger charge is 2.21. The molecule has 0 bridgehead atoms. The molecule has 0 atom stereocenters. The summed E-state index contributed by atoms with van der Waals surface area (Å²) in [7, 11) is 1.54. The number of nitrogens with one attached hydrogen (secondary N) is 4. The third-order valence-corrected chi connectivity index (χ3v) is 1.65. The minimum atomic E-state index is -0.310. The van der Waals surface area contributed by atoms with Crippen molar-refractivity contribution >= 4 is 23.4 Å². The first kappa shape index (κ1) is 9.05. The lowest BCUT2D eigenvalue weighted by atomic mass is 10.7. The molecule has 0 aliphatic heterocycles. The van der Waals surface area contributed by atoms with Crippen molar-refractivity contribution in [1.82, 2.24) is 21.5 Å². The van der Waals surface area contributed by atoms with Gasteiger partial charge in [0, 0.05) is 13.1 Å². The van der Waals surface area contributed by atoms with Crippen LogP contribution in [0, 0.1) is 0 Å². The molecule has 0 unspecified atom stereocenters. The van der Waals surface area contributed by atoms with Crippen LogP contribution in [0.3, 0.4) is 0 Å². The summed E-state index contributed by atoms with van der Waals surface area (Å²) in [5, 5.41) is 5.86. The molecule has 4 N–H and O–H groups in total. The highest BCUT2D eigenvalue weighted by molar-refractivity contribution is 7.80. The predicted octanol–water partition coefficient (Wildman–Crippen LogP) is -0.543. The van der Waals surface area contributed by atoms with Crippen molar-refractivity contribution in [2.24, 2.45) is 0 Å². The molecule has 2 amide bonds. The minimum absolute atomic E-state index is 0.310. The molecule has 12 heavy (non-hydrogen) atoms. The normalized spacial score (nSPS) is 14.8. The van der Waals surface area contributed by atoms with Crippen molar-refractivity contribution in [3.05, 3.63) is 0 Å². The fourth-order valence-corrected chi connectivity index (χ4v) is 0.843. The predicted molar refractivity (Wildman–Crippen MR) is 49.5 cm³/mol. The van der Waals surface area contributed by atoms with Gasteiger partial charge in [0.05, 0.1) is 0 Å². The van der Waals surface area contributed by atoms with E-state index in [4.69, 9.17) is 12.2 Å². The van der Waals surface area contributed by atoms with E-state index in [-0.39, 0.29) is 6.03 Å². The van der Waals surface area contributed by atoms with Crippen molar-refractivity contribution in [2.75, 3.05) is 7.05 Å². The van der Waals surface area contributed by atoms with Crippen LogP contribution in [0.4, 0.5) is 4.79 Å². The van der Waals surface area contributed by atoms with Gasteiger partial charge in [0.1, 0.15) is 0 Å². The van der Waals surface area contributed by atoms with Gasteiger partial charge >= 0.3 is 6.03 Å². The van der Waals surface area contributed by atoms with Gasteiger partial charge in [0.15, 0.2) is 5.11 Å². The number of amides is 2. The Morgan fingerprint density at radius 3 is 2.58 bits per heavy atom. The van der Waals surface area contributed by atoms with Crippen LogP contribution in [0.25, 0.3) is 0 Å². The first-order chi connectivity index (χ1) is 5.72. The van der Waals surface area contributed by atoms with Gasteiger partial charge in [-0.2, -0.15) is 0 Å². The van der Waals surface area contributed by atoms with E-state index in [1.807, 2.05) is 0 Å². The smallest absolute Gasteiger partial charge is 0.333 e. The number of hydrogen-bond donors (Lipinski definition) is 4. The second-order valence-electron chi connectivity index (χ2n) is 2.58. The molecule has 1 aliphatic rings. The van der Waals surface area contributed by atoms with Crippen molar-refractivity contribution < 1.29 is 4.79 Å². The third kappa shape index (κ3) is 3.38. The van der Waals surface area contributed by atoms with Crippen LogP contribution in [0.15, 0.2) is 0 Å². The highest BCUT2D eigenvalue weighted by Crippen LogP contribution is 2.17. The number of carbonyl (C=O) groups excluding carboxylic acids is 1. The van der Waals surface area contributed by atoms with Gasteiger partial charge in [-0.05, 0) is 25.1 Å². The largest absolute Gasteiger partial charge is 0.359 e. The Balaban J connectivity index is 2.04. The lowest BCUT2D eigenvalue weighted by molar-refractivity contribution is 0.241. The third-order valence-electron chi connectivity index (χ3n) is 1.43. The molecule has 6 heteroatoms. The highest BCUT2D eigenvalue weighted by atomic mass is 32.1. The fraction of sp³-hybridized carbons (Fsp3) is 0.667. The van der Waals surface area contributed by atoms with Gasteiger partial charge in [-0.15, -0.1) is 0 Å². The number of hydrogen-bond acceptors (Lipinski definition) is 2. The summed E-state index contributed by atoms with van der Waals surface area (Å²) < 4.78 is 0. The first-order valence-corrected chi connectivity index (χ1v) is 4.17. The molecule has 1 saturated carbocycles. The first-order valence-electron chi connectivity index (χ1n) is 3.76. The van der Waals surface area contributed by atoms with E-state index < -0.39 is 0 Å². The van der Waals surface area contributed by atoms with Crippen LogP contribution in [0.1, 0.15) is 12.8 Å². The van der Waals surface area contributed by atoms with E-state index in [1.54, 1.807) is 0 Å². The molecule has 0 aromatic heterocycles. The Morgan fingerprint density at radius 2 is 2.08 bits per heavy atom. The Hall–Kier alpha value is -1.04. The Labute approximate surface area is 76.2 Å². The lowest BCUT2D eigenvalue weighted by Gasteiger charge is -2.09. The van der Waals surface area contributed by atoms with E-state index in [2.05, 4.69) is 21.5 Å². The molecular formula is C6H12N4OS. The summed E-state index contributed by atoms with van der Waals surface area (Å²) in [5.74, 6) is 0. The van der Waals surface area contributed by atoms with Gasteiger partial charge in [0.25, 0.3) is 0 Å². The fourth-order valence-electron chi connectivity index (χ4n) is 0.625. The van der Waals surface area contributed by atoms with E-state index in [1.165, 1.54) is 7.05 Å². The van der Waals surface area contributed by atoms with Crippen molar-refractivity contribution in [2.45, 2.75) is 18.9 Å². The van der Waals surface area contributed by atoms with E-state index in [0.29, 0.717) is 11.2 Å².